The highest BCUT2D eigenvalue weighted by molar-refractivity contribution is 5.74. The Hall–Kier alpha value is -0.570. The number of hydrogen-bond acceptors (Lipinski definition) is 3. The van der Waals surface area contributed by atoms with Gasteiger partial charge in [0.15, 0.2) is 0 Å². The molecule has 3 heteroatoms. The predicted octanol–water partition coefficient (Wildman–Crippen LogP) is 2.50. The minimum Gasteiger partial charge on any atom is -0.465 e. The molecule has 0 aromatic heterocycles. The average Bonchev–Trinajstić information content (AvgIpc) is 3.10. The van der Waals surface area contributed by atoms with Gasteiger partial charge in [-0.1, -0.05) is 13.3 Å². The van der Waals surface area contributed by atoms with E-state index in [0.29, 0.717) is 6.61 Å². The van der Waals surface area contributed by atoms with Crippen LogP contribution in [0.1, 0.15) is 51.9 Å². The van der Waals surface area contributed by atoms with E-state index in [0.717, 1.165) is 38.8 Å². The lowest BCUT2D eigenvalue weighted by atomic mass is 10.2. The summed E-state index contributed by atoms with van der Waals surface area (Å²) in [6, 6.07) is 0. The van der Waals surface area contributed by atoms with E-state index in [9.17, 15) is 4.79 Å². The zero-order chi connectivity index (χ0) is 11.6. The first-order valence-corrected chi connectivity index (χ1v) is 6.72. The van der Waals surface area contributed by atoms with Crippen LogP contribution in [0.15, 0.2) is 0 Å². The molecule has 0 aliphatic heterocycles. The summed E-state index contributed by atoms with van der Waals surface area (Å²) in [4.78, 5) is 11.2. The lowest BCUT2D eigenvalue weighted by molar-refractivity contribution is -0.145. The predicted molar refractivity (Wildman–Crippen MR) is 65.3 cm³/mol. The van der Waals surface area contributed by atoms with Gasteiger partial charge >= 0.3 is 5.97 Å². The van der Waals surface area contributed by atoms with Crippen molar-refractivity contribution in [2.45, 2.75) is 51.9 Å². The number of nitrogens with one attached hydrogen (secondary N) is 1. The molecule has 0 amide bonds. The first-order chi connectivity index (χ1) is 7.84. The minimum atomic E-state index is 0.0288. The summed E-state index contributed by atoms with van der Waals surface area (Å²) in [5, 5.41) is 3.41. The summed E-state index contributed by atoms with van der Waals surface area (Å²) in [5.41, 5.74) is 0. The van der Waals surface area contributed by atoms with Gasteiger partial charge in [0.25, 0.3) is 0 Å². The fourth-order valence-electron chi connectivity index (χ4n) is 1.57. The number of esters is 1. The SMILES string of the molecule is CCCCNCCCCCOC(=O)C1CC1. The summed E-state index contributed by atoms with van der Waals surface area (Å²) in [5.74, 6) is 0.275. The van der Waals surface area contributed by atoms with Gasteiger partial charge in [-0.25, -0.2) is 0 Å². The van der Waals surface area contributed by atoms with Crippen molar-refractivity contribution in [3.63, 3.8) is 0 Å². The van der Waals surface area contributed by atoms with Gasteiger partial charge in [-0.2, -0.15) is 0 Å². The fourth-order valence-corrected chi connectivity index (χ4v) is 1.57. The standard InChI is InChI=1S/C13H25NO2/c1-2-3-9-14-10-5-4-6-11-16-13(15)12-7-8-12/h12,14H,2-11H2,1H3. The largest absolute Gasteiger partial charge is 0.465 e. The van der Waals surface area contributed by atoms with Gasteiger partial charge in [-0.05, 0) is 51.6 Å². The van der Waals surface area contributed by atoms with E-state index in [2.05, 4.69) is 12.2 Å². The second kappa shape index (κ2) is 8.57. The van der Waals surface area contributed by atoms with Crippen molar-refractivity contribution in [2.75, 3.05) is 19.7 Å². The zero-order valence-electron chi connectivity index (χ0n) is 10.5. The minimum absolute atomic E-state index is 0.0288. The molecule has 94 valence electrons. The van der Waals surface area contributed by atoms with Crippen LogP contribution in [0.2, 0.25) is 0 Å². The Morgan fingerprint density at radius 1 is 1.19 bits per heavy atom. The van der Waals surface area contributed by atoms with Crippen LogP contribution in [0.5, 0.6) is 0 Å². The molecule has 0 saturated heterocycles. The number of carbonyl (C=O) groups excluding carboxylic acids is 1. The molecular formula is C13H25NO2. The average molecular weight is 227 g/mol. The summed E-state index contributed by atoms with van der Waals surface area (Å²) < 4.78 is 5.15. The Morgan fingerprint density at radius 3 is 2.62 bits per heavy atom. The molecule has 0 spiro atoms. The van der Waals surface area contributed by atoms with Crippen LogP contribution in [0.3, 0.4) is 0 Å². The van der Waals surface area contributed by atoms with Crippen LogP contribution in [0.25, 0.3) is 0 Å². The third-order valence-electron chi connectivity index (χ3n) is 2.86. The second-order valence-electron chi connectivity index (χ2n) is 4.61. The molecule has 0 atom stereocenters. The van der Waals surface area contributed by atoms with E-state index in [1.54, 1.807) is 0 Å². The molecule has 0 aromatic carbocycles. The highest BCUT2D eigenvalue weighted by Gasteiger charge is 2.30. The molecule has 1 aliphatic carbocycles. The van der Waals surface area contributed by atoms with Crippen LogP contribution in [0, 0.1) is 5.92 Å². The molecule has 0 aromatic rings. The van der Waals surface area contributed by atoms with E-state index < -0.39 is 0 Å². The van der Waals surface area contributed by atoms with Gasteiger partial charge in [0.1, 0.15) is 0 Å². The fraction of sp³-hybridized carbons (Fsp3) is 0.923. The first kappa shape index (κ1) is 13.5. The maximum absolute atomic E-state index is 11.2. The molecule has 1 N–H and O–H groups in total. The quantitative estimate of drug-likeness (QED) is 0.460. The van der Waals surface area contributed by atoms with Crippen LogP contribution in [0.4, 0.5) is 0 Å². The molecule has 1 saturated carbocycles. The number of ether oxygens (including phenoxy) is 1. The highest BCUT2D eigenvalue weighted by Crippen LogP contribution is 2.30. The number of rotatable bonds is 10. The van der Waals surface area contributed by atoms with Crippen molar-refractivity contribution >= 4 is 5.97 Å². The monoisotopic (exact) mass is 227 g/mol. The van der Waals surface area contributed by atoms with Gasteiger partial charge in [0.05, 0.1) is 12.5 Å². The Balaban J connectivity index is 1.72. The van der Waals surface area contributed by atoms with Gasteiger partial charge in [-0.3, -0.25) is 4.79 Å². The summed E-state index contributed by atoms with van der Waals surface area (Å²) in [7, 11) is 0. The molecule has 0 heterocycles. The van der Waals surface area contributed by atoms with Gasteiger partial charge in [-0.15, -0.1) is 0 Å². The second-order valence-corrected chi connectivity index (χ2v) is 4.61. The third-order valence-corrected chi connectivity index (χ3v) is 2.86. The zero-order valence-corrected chi connectivity index (χ0v) is 10.5. The number of unbranched alkanes of at least 4 members (excludes halogenated alkanes) is 3. The molecule has 0 unspecified atom stereocenters. The van der Waals surface area contributed by atoms with Crippen molar-refractivity contribution in [1.29, 1.82) is 0 Å². The van der Waals surface area contributed by atoms with Gasteiger partial charge < -0.3 is 10.1 Å². The Kier molecular flexibility index (Phi) is 7.23. The Labute approximate surface area is 98.9 Å². The van der Waals surface area contributed by atoms with E-state index in [1.165, 1.54) is 19.3 Å². The van der Waals surface area contributed by atoms with Crippen LogP contribution >= 0.6 is 0 Å². The number of carbonyl (C=O) groups is 1. The van der Waals surface area contributed by atoms with Crippen LogP contribution in [-0.2, 0) is 9.53 Å². The molecule has 1 rings (SSSR count). The van der Waals surface area contributed by atoms with Crippen molar-refractivity contribution < 1.29 is 9.53 Å². The molecule has 0 radical (unpaired) electrons. The molecule has 16 heavy (non-hydrogen) atoms. The van der Waals surface area contributed by atoms with Crippen molar-refractivity contribution in [1.82, 2.24) is 5.32 Å². The van der Waals surface area contributed by atoms with Crippen LogP contribution < -0.4 is 5.32 Å². The maximum Gasteiger partial charge on any atom is 0.308 e. The molecule has 3 nitrogen and oxygen atoms in total. The van der Waals surface area contributed by atoms with E-state index in [-0.39, 0.29) is 11.9 Å². The van der Waals surface area contributed by atoms with E-state index in [1.807, 2.05) is 0 Å². The normalized spacial score (nSPS) is 15.1. The van der Waals surface area contributed by atoms with Crippen molar-refractivity contribution in [3.05, 3.63) is 0 Å². The highest BCUT2D eigenvalue weighted by atomic mass is 16.5. The summed E-state index contributed by atoms with van der Waals surface area (Å²) in [6.07, 6.45) is 7.94. The lowest BCUT2D eigenvalue weighted by Gasteiger charge is -2.05. The molecule has 1 aliphatic rings. The first-order valence-electron chi connectivity index (χ1n) is 6.72. The third kappa shape index (κ3) is 6.83. The van der Waals surface area contributed by atoms with Gasteiger partial charge in [0, 0.05) is 0 Å². The molecule has 0 bridgehead atoms. The molecular weight excluding hydrogens is 202 g/mol. The van der Waals surface area contributed by atoms with Crippen molar-refractivity contribution in [2.24, 2.45) is 5.92 Å². The Bertz CT molecular complexity index is 190. The van der Waals surface area contributed by atoms with Gasteiger partial charge in [0.2, 0.25) is 0 Å². The summed E-state index contributed by atoms with van der Waals surface area (Å²) in [6.45, 7) is 5.05. The molecule has 1 fully saturated rings. The van der Waals surface area contributed by atoms with Crippen molar-refractivity contribution in [3.8, 4) is 0 Å². The maximum atomic E-state index is 11.2. The van der Waals surface area contributed by atoms with E-state index in [4.69, 9.17) is 4.74 Å². The Morgan fingerprint density at radius 2 is 1.94 bits per heavy atom. The van der Waals surface area contributed by atoms with E-state index >= 15 is 0 Å². The summed E-state index contributed by atoms with van der Waals surface area (Å²) >= 11 is 0. The number of hydrogen-bond donors (Lipinski definition) is 1. The van der Waals surface area contributed by atoms with Crippen LogP contribution in [-0.4, -0.2) is 25.7 Å². The lowest BCUT2D eigenvalue weighted by Crippen LogP contribution is -2.16. The smallest absolute Gasteiger partial charge is 0.308 e. The topological polar surface area (TPSA) is 38.3 Å².